The quantitative estimate of drug-likeness (QED) is 0.0670. The molecule has 6 aromatic carbocycles. The topological polar surface area (TPSA) is 0 Å². The Morgan fingerprint density at radius 3 is 0.642 bits per heavy atom. The van der Waals surface area contributed by atoms with Crippen molar-refractivity contribution >= 4 is 43.1 Å². The van der Waals surface area contributed by atoms with Gasteiger partial charge in [0.15, 0.2) is 0 Å². The van der Waals surface area contributed by atoms with Gasteiger partial charge in [-0.15, -0.1) is 0 Å². The zero-order valence-corrected chi connectivity index (χ0v) is 49.0. The zero-order chi connectivity index (χ0) is 48.4. The van der Waals surface area contributed by atoms with Crippen LogP contribution in [-0.4, -0.2) is 34.8 Å². The second-order valence-electron chi connectivity index (χ2n) is 22.3. The van der Waals surface area contributed by atoms with E-state index in [1.54, 1.807) is 8.24 Å². The number of hydrogen-bond donors (Lipinski definition) is 0. The molecule has 7 rings (SSSR count). The van der Waals surface area contributed by atoms with Gasteiger partial charge >= 0.3 is 427 Å². The minimum absolute atomic E-state index is 0.439. The van der Waals surface area contributed by atoms with E-state index in [9.17, 15) is 0 Å². The Bertz CT molecular complexity index is 2250. The van der Waals surface area contributed by atoms with Crippen molar-refractivity contribution in [1.82, 2.24) is 0 Å². The van der Waals surface area contributed by atoms with Crippen LogP contribution in [0.1, 0.15) is 209 Å². The van der Waals surface area contributed by atoms with Gasteiger partial charge in [0.05, 0.1) is 0 Å². The van der Waals surface area contributed by atoms with Gasteiger partial charge in [-0.2, -0.15) is 0 Å². The second kappa shape index (κ2) is 22.0. The van der Waals surface area contributed by atoms with Crippen molar-refractivity contribution in [3.05, 3.63) is 166 Å². The molecule has 0 saturated carbocycles. The van der Waals surface area contributed by atoms with Crippen LogP contribution in [-0.2, 0) is 0 Å². The summed E-state index contributed by atoms with van der Waals surface area (Å²) in [5.41, 5.74) is 24.0. The SMILES string of the molecule is CC(C)c1cccc(C(C)C)c1-c1cccc(-c2c(C(C)C)cccc2C(C)C)[c]1[Ga][CH]1C=C[CH]([Ga][c]2c(-c3c(C(C)C)cccc3C(C)C)cccc2-c2c(C(C)C)cccc2C(C)C)C1. The molecule has 0 nitrogen and oxygen atoms in total. The number of allylic oxidation sites excluding steroid dienone is 2. The van der Waals surface area contributed by atoms with Crippen molar-refractivity contribution in [3.8, 4) is 44.5 Å². The molecule has 0 spiro atoms. The molecule has 0 saturated heterocycles. The van der Waals surface area contributed by atoms with E-state index in [0.717, 1.165) is 0 Å². The molecule has 2 unspecified atom stereocenters. The van der Waals surface area contributed by atoms with Crippen LogP contribution in [0.2, 0.25) is 8.94 Å². The predicted molar refractivity (Wildman–Crippen MR) is 299 cm³/mol. The molecule has 346 valence electrons. The third-order valence-corrected chi connectivity index (χ3v) is 22.6. The number of hydrogen-bond acceptors (Lipinski definition) is 0. The molecule has 2 atom stereocenters. The minimum atomic E-state index is -1.05. The van der Waals surface area contributed by atoms with E-state index in [2.05, 4.69) is 232 Å². The fourth-order valence-corrected chi connectivity index (χ4v) is 20.8. The van der Waals surface area contributed by atoms with Gasteiger partial charge in [-0.05, 0) is 0 Å². The van der Waals surface area contributed by atoms with Crippen LogP contribution < -0.4 is 8.24 Å². The van der Waals surface area contributed by atoms with Gasteiger partial charge in [-0.3, -0.25) is 0 Å². The summed E-state index contributed by atoms with van der Waals surface area (Å²) in [7, 11) is 0. The van der Waals surface area contributed by atoms with Gasteiger partial charge < -0.3 is 0 Å². The summed E-state index contributed by atoms with van der Waals surface area (Å²) in [5.74, 6) is 3.51. The van der Waals surface area contributed by atoms with Gasteiger partial charge in [0, 0.05) is 0 Å². The fourth-order valence-electron chi connectivity index (χ4n) is 11.2. The van der Waals surface area contributed by atoms with Crippen LogP contribution in [0.15, 0.2) is 121 Å². The Kier molecular flexibility index (Phi) is 16.8. The average Bonchev–Trinajstić information content (AvgIpc) is 3.74. The number of benzene rings is 6. The first kappa shape index (κ1) is 51.2. The van der Waals surface area contributed by atoms with Crippen LogP contribution in [0.3, 0.4) is 0 Å². The van der Waals surface area contributed by atoms with Gasteiger partial charge in [0.25, 0.3) is 0 Å². The van der Waals surface area contributed by atoms with Gasteiger partial charge in [-0.1, -0.05) is 0 Å². The van der Waals surface area contributed by atoms with E-state index in [1.165, 1.54) is 95.4 Å². The van der Waals surface area contributed by atoms with E-state index in [-0.39, 0.29) is 0 Å². The van der Waals surface area contributed by atoms with Crippen LogP contribution in [0, 0.1) is 0 Å². The Morgan fingerprint density at radius 2 is 0.463 bits per heavy atom. The van der Waals surface area contributed by atoms with Gasteiger partial charge in [-0.25, -0.2) is 0 Å². The van der Waals surface area contributed by atoms with E-state index in [4.69, 9.17) is 0 Å². The standard InChI is InChI=1S/2C30H37.C5H6.2Ga/c2*1-19(2)25-14-10-15-26(20(3)4)29(25)23-12-9-13-24(18-23)30-27(21(5)6)16-11-17-28(30)22(7)8;1-2-4-5-3-1;;/h2*9-17,19-22H,1-8H3;1-4H,5H2;;. The van der Waals surface area contributed by atoms with Crippen molar-refractivity contribution in [2.75, 3.05) is 0 Å². The molecule has 0 aliphatic heterocycles. The molecule has 0 bridgehead atoms. The summed E-state index contributed by atoms with van der Waals surface area (Å²) in [6.45, 7) is 38.3. The summed E-state index contributed by atoms with van der Waals surface area (Å²) in [6, 6.07) is 43.5. The van der Waals surface area contributed by atoms with Crippen LogP contribution >= 0.6 is 0 Å². The maximum absolute atomic E-state index is 2.73. The summed E-state index contributed by atoms with van der Waals surface area (Å²) in [5, 5.41) is 0. The third kappa shape index (κ3) is 10.7. The third-order valence-electron chi connectivity index (χ3n) is 14.7. The first-order chi connectivity index (χ1) is 31.9. The summed E-state index contributed by atoms with van der Waals surface area (Å²) in [6.07, 6.45) is 6.73. The second-order valence-corrected chi connectivity index (χ2v) is 29.7. The molecule has 0 heterocycles. The molecular weight excluding hydrogens is 920 g/mol. The van der Waals surface area contributed by atoms with Crippen molar-refractivity contribution in [3.63, 3.8) is 0 Å². The first-order valence-corrected chi connectivity index (χ1v) is 31.3. The Morgan fingerprint density at radius 1 is 0.284 bits per heavy atom. The Labute approximate surface area is 423 Å². The van der Waals surface area contributed by atoms with E-state index in [0.29, 0.717) is 56.3 Å². The predicted octanol–water partition coefficient (Wildman–Crippen LogP) is 18.2. The molecule has 1 aliphatic carbocycles. The van der Waals surface area contributed by atoms with E-state index < -0.39 is 34.8 Å². The van der Waals surface area contributed by atoms with Crippen molar-refractivity contribution in [2.45, 2.75) is 173 Å². The maximum atomic E-state index is 2.73. The Hall–Kier alpha value is -3.67. The van der Waals surface area contributed by atoms with E-state index >= 15 is 0 Å². The molecule has 0 amide bonds. The monoisotopic (exact) mass is 998 g/mol. The molecular formula is C65H80Ga2. The molecule has 1 aliphatic rings. The van der Waals surface area contributed by atoms with Crippen LogP contribution in [0.4, 0.5) is 0 Å². The van der Waals surface area contributed by atoms with Crippen LogP contribution in [0.5, 0.6) is 0 Å². The molecule has 0 aromatic heterocycles. The molecule has 0 N–H and O–H groups in total. The summed E-state index contributed by atoms with van der Waals surface area (Å²) in [4.78, 5) is 0. The normalized spacial score (nSPS) is 15.2. The van der Waals surface area contributed by atoms with E-state index in [1.807, 2.05) is 0 Å². The van der Waals surface area contributed by atoms with Crippen molar-refractivity contribution in [1.29, 1.82) is 0 Å². The van der Waals surface area contributed by atoms with Gasteiger partial charge in [0.2, 0.25) is 0 Å². The molecule has 2 heteroatoms. The van der Waals surface area contributed by atoms with Crippen molar-refractivity contribution < 1.29 is 0 Å². The summed E-state index contributed by atoms with van der Waals surface area (Å²) >= 11 is -2.09. The van der Waals surface area contributed by atoms with Gasteiger partial charge in [0.1, 0.15) is 0 Å². The van der Waals surface area contributed by atoms with Crippen molar-refractivity contribution in [2.24, 2.45) is 0 Å². The summed E-state index contributed by atoms with van der Waals surface area (Å²) < 4.78 is 4.62. The molecule has 6 aromatic rings. The Balaban J connectivity index is 1.42. The average molecular weight is 1000 g/mol. The number of rotatable bonds is 16. The molecule has 67 heavy (non-hydrogen) atoms. The first-order valence-electron chi connectivity index (χ1n) is 26.1. The van der Waals surface area contributed by atoms with Crippen LogP contribution in [0.25, 0.3) is 44.5 Å². The molecule has 2 radical (unpaired) electrons. The molecule has 0 fully saturated rings. The fraction of sp³-hybridized carbons (Fsp3) is 0.415. The zero-order valence-electron chi connectivity index (χ0n) is 44.2.